The number of carbonyl (C=O) groups is 2. The van der Waals surface area contributed by atoms with E-state index in [0.717, 1.165) is 18.6 Å². The van der Waals surface area contributed by atoms with Gasteiger partial charge in [0.2, 0.25) is 0 Å². The maximum absolute atomic E-state index is 12.2. The van der Waals surface area contributed by atoms with E-state index in [1.54, 1.807) is 11.8 Å². The molecule has 0 spiro atoms. The van der Waals surface area contributed by atoms with Crippen molar-refractivity contribution in [2.45, 2.75) is 31.2 Å². The van der Waals surface area contributed by atoms with Crippen LogP contribution in [0.1, 0.15) is 33.0 Å². The number of thioether (sulfide) groups is 1. The summed E-state index contributed by atoms with van der Waals surface area (Å²) < 4.78 is 0. The maximum Gasteiger partial charge on any atom is 0.330 e. The second kappa shape index (κ2) is 4.83. The number of aliphatic carboxylic acids is 1. The molecule has 0 aromatic carbocycles. The van der Waals surface area contributed by atoms with Crippen molar-refractivity contribution in [1.29, 1.82) is 0 Å². The molecule has 1 aliphatic heterocycles. The highest BCUT2D eigenvalue weighted by molar-refractivity contribution is 7.99. The van der Waals surface area contributed by atoms with Crippen molar-refractivity contribution in [3.05, 3.63) is 21.4 Å². The lowest BCUT2D eigenvalue weighted by Gasteiger charge is -2.24. The van der Waals surface area contributed by atoms with Crippen LogP contribution < -0.4 is 5.32 Å². The van der Waals surface area contributed by atoms with Gasteiger partial charge in [-0.2, -0.15) is 11.8 Å². The second-order valence-electron chi connectivity index (χ2n) is 5.06. The van der Waals surface area contributed by atoms with Crippen LogP contribution in [0, 0.1) is 0 Å². The molecule has 4 nitrogen and oxygen atoms in total. The molecule has 2 aliphatic rings. The Morgan fingerprint density at radius 3 is 2.84 bits per heavy atom. The largest absolute Gasteiger partial charge is 0.479 e. The van der Waals surface area contributed by atoms with Gasteiger partial charge in [-0.15, -0.1) is 11.3 Å². The van der Waals surface area contributed by atoms with Crippen LogP contribution in [-0.2, 0) is 17.6 Å². The van der Waals surface area contributed by atoms with Crippen LogP contribution in [-0.4, -0.2) is 34.0 Å². The van der Waals surface area contributed by atoms with Gasteiger partial charge in [0.1, 0.15) is 5.54 Å². The van der Waals surface area contributed by atoms with Gasteiger partial charge in [-0.25, -0.2) is 4.79 Å². The normalized spacial score (nSPS) is 25.3. The summed E-state index contributed by atoms with van der Waals surface area (Å²) in [6.45, 7) is 0. The number of carboxylic acids is 1. The number of hydrogen-bond donors (Lipinski definition) is 2. The molecule has 1 aromatic heterocycles. The number of fused-ring (bicyclic) bond motifs is 1. The third-order valence-corrected chi connectivity index (χ3v) is 6.18. The molecule has 0 bridgehead atoms. The smallest absolute Gasteiger partial charge is 0.330 e. The van der Waals surface area contributed by atoms with Gasteiger partial charge in [-0.1, -0.05) is 0 Å². The Labute approximate surface area is 119 Å². The molecule has 1 fully saturated rings. The van der Waals surface area contributed by atoms with Crippen molar-refractivity contribution < 1.29 is 14.7 Å². The van der Waals surface area contributed by atoms with Crippen LogP contribution in [0.3, 0.4) is 0 Å². The zero-order valence-corrected chi connectivity index (χ0v) is 12.0. The summed E-state index contributed by atoms with van der Waals surface area (Å²) in [5.41, 5.74) is 0.191. The molecule has 1 aromatic rings. The Morgan fingerprint density at radius 2 is 2.21 bits per heavy atom. The van der Waals surface area contributed by atoms with E-state index in [-0.39, 0.29) is 5.91 Å². The fourth-order valence-corrected chi connectivity index (χ4v) is 5.08. The van der Waals surface area contributed by atoms with Gasteiger partial charge in [0.15, 0.2) is 0 Å². The number of carboxylic acid groups (broad SMARTS) is 1. The Kier molecular flexibility index (Phi) is 3.30. The number of rotatable bonds is 3. The Bertz CT molecular complexity index is 510. The molecule has 0 saturated carbocycles. The fourth-order valence-electron chi connectivity index (χ4n) is 2.61. The van der Waals surface area contributed by atoms with E-state index < -0.39 is 11.5 Å². The van der Waals surface area contributed by atoms with Gasteiger partial charge >= 0.3 is 5.97 Å². The molecule has 2 N–H and O–H groups in total. The van der Waals surface area contributed by atoms with E-state index in [4.69, 9.17) is 0 Å². The van der Waals surface area contributed by atoms with Crippen molar-refractivity contribution in [1.82, 2.24) is 5.32 Å². The SMILES string of the molecule is O=C(NC1(C(=O)O)CCSC1)c1cc2c(s1)CCC2. The topological polar surface area (TPSA) is 66.4 Å². The molecule has 3 rings (SSSR count). The van der Waals surface area contributed by atoms with Gasteiger partial charge in [0.05, 0.1) is 4.88 Å². The van der Waals surface area contributed by atoms with Gasteiger partial charge < -0.3 is 10.4 Å². The molecule has 0 radical (unpaired) electrons. The van der Waals surface area contributed by atoms with E-state index in [1.807, 2.05) is 6.07 Å². The van der Waals surface area contributed by atoms with E-state index in [9.17, 15) is 14.7 Å². The molecular formula is C13H15NO3S2. The van der Waals surface area contributed by atoms with Crippen LogP contribution >= 0.6 is 23.1 Å². The highest BCUT2D eigenvalue weighted by Crippen LogP contribution is 2.32. The van der Waals surface area contributed by atoms with Crippen molar-refractivity contribution in [2.24, 2.45) is 0 Å². The highest BCUT2D eigenvalue weighted by atomic mass is 32.2. The highest BCUT2D eigenvalue weighted by Gasteiger charge is 2.43. The molecule has 6 heteroatoms. The monoisotopic (exact) mass is 297 g/mol. The van der Waals surface area contributed by atoms with Crippen molar-refractivity contribution in [3.63, 3.8) is 0 Å². The maximum atomic E-state index is 12.2. The van der Waals surface area contributed by atoms with Gasteiger partial charge in [0, 0.05) is 10.6 Å². The minimum atomic E-state index is -1.07. The van der Waals surface area contributed by atoms with Gasteiger partial charge in [-0.3, -0.25) is 4.79 Å². The Balaban J connectivity index is 1.78. The molecule has 2 heterocycles. The minimum Gasteiger partial charge on any atom is -0.479 e. The quantitative estimate of drug-likeness (QED) is 0.894. The van der Waals surface area contributed by atoms with Crippen LogP contribution in [0.2, 0.25) is 0 Å². The summed E-state index contributed by atoms with van der Waals surface area (Å²) in [5.74, 6) is 0.0893. The van der Waals surface area contributed by atoms with Crippen LogP contribution in [0.4, 0.5) is 0 Å². The summed E-state index contributed by atoms with van der Waals surface area (Å²) in [4.78, 5) is 25.6. The first-order chi connectivity index (χ1) is 9.11. The van der Waals surface area contributed by atoms with Crippen molar-refractivity contribution in [3.8, 4) is 0 Å². The molecular weight excluding hydrogens is 282 g/mol. The molecule has 102 valence electrons. The number of amides is 1. The summed E-state index contributed by atoms with van der Waals surface area (Å²) >= 11 is 3.09. The third kappa shape index (κ3) is 2.27. The lowest BCUT2D eigenvalue weighted by molar-refractivity contribution is -0.143. The van der Waals surface area contributed by atoms with E-state index >= 15 is 0 Å². The number of hydrogen-bond acceptors (Lipinski definition) is 4. The Morgan fingerprint density at radius 1 is 1.37 bits per heavy atom. The summed E-state index contributed by atoms with van der Waals surface area (Å²) in [6.07, 6.45) is 3.76. The number of aryl methyl sites for hydroxylation is 2. The molecule has 1 atom stereocenters. The number of thiophene rings is 1. The van der Waals surface area contributed by atoms with E-state index in [2.05, 4.69) is 5.32 Å². The summed E-state index contributed by atoms with van der Waals surface area (Å²) in [7, 11) is 0. The first-order valence-electron chi connectivity index (χ1n) is 6.36. The van der Waals surface area contributed by atoms with Crippen LogP contribution in [0.25, 0.3) is 0 Å². The molecule has 1 saturated heterocycles. The molecule has 1 aliphatic carbocycles. The standard InChI is InChI=1S/C13H15NO3S2/c15-11(10-6-8-2-1-3-9(8)19-10)14-13(12(16)17)4-5-18-7-13/h6H,1-5,7H2,(H,14,15)(H,16,17). The van der Waals surface area contributed by atoms with Gasteiger partial charge in [0.25, 0.3) is 5.91 Å². The Hall–Kier alpha value is -1.01. The first kappa shape index (κ1) is 13.0. The lowest BCUT2D eigenvalue weighted by atomic mass is 9.99. The number of carbonyl (C=O) groups excluding carboxylic acids is 1. The average Bonchev–Trinajstić information content (AvgIpc) is 3.02. The molecule has 1 unspecified atom stereocenters. The molecule has 1 amide bonds. The van der Waals surface area contributed by atoms with Crippen molar-refractivity contribution in [2.75, 3.05) is 11.5 Å². The number of nitrogens with one attached hydrogen (secondary N) is 1. The zero-order valence-electron chi connectivity index (χ0n) is 10.4. The third-order valence-electron chi connectivity index (χ3n) is 3.75. The molecule has 19 heavy (non-hydrogen) atoms. The minimum absolute atomic E-state index is 0.232. The van der Waals surface area contributed by atoms with Crippen LogP contribution in [0.5, 0.6) is 0 Å². The predicted octanol–water partition coefficient (Wildman–Crippen LogP) is 1.93. The summed E-state index contributed by atoms with van der Waals surface area (Å²) in [6, 6.07) is 1.93. The predicted molar refractivity (Wildman–Crippen MR) is 76.1 cm³/mol. The van der Waals surface area contributed by atoms with Crippen molar-refractivity contribution >= 4 is 35.0 Å². The van der Waals surface area contributed by atoms with Crippen LogP contribution in [0.15, 0.2) is 6.07 Å². The fraction of sp³-hybridized carbons (Fsp3) is 0.538. The first-order valence-corrected chi connectivity index (χ1v) is 8.33. The van der Waals surface area contributed by atoms with E-state index in [0.29, 0.717) is 17.1 Å². The van der Waals surface area contributed by atoms with Gasteiger partial charge in [-0.05, 0) is 43.1 Å². The van der Waals surface area contributed by atoms with E-state index in [1.165, 1.54) is 28.2 Å². The lowest BCUT2D eigenvalue weighted by Crippen LogP contribution is -2.54. The zero-order chi connectivity index (χ0) is 13.5. The summed E-state index contributed by atoms with van der Waals surface area (Å²) in [5, 5.41) is 12.1. The second-order valence-corrected chi connectivity index (χ2v) is 7.30. The average molecular weight is 297 g/mol.